The molecule has 1 unspecified atom stereocenters. The number of rotatable bonds is 23. The van der Waals surface area contributed by atoms with Crippen LogP contribution in [0, 0.1) is 5.41 Å². The smallest absolute Gasteiger partial charge is 0.347 e. The third kappa shape index (κ3) is 16.9. The van der Waals surface area contributed by atoms with Gasteiger partial charge in [-0.15, -0.1) is 11.8 Å². The third-order valence-electron chi connectivity index (χ3n) is 12.9. The van der Waals surface area contributed by atoms with Crippen molar-refractivity contribution in [3.8, 4) is 11.1 Å². The lowest BCUT2D eigenvalue weighted by Gasteiger charge is -2.36. The number of ether oxygens (including phenoxy) is 1. The van der Waals surface area contributed by atoms with Gasteiger partial charge in [-0.1, -0.05) is 66.2 Å². The summed E-state index contributed by atoms with van der Waals surface area (Å²) in [5, 5.41) is 4.12. The number of thioether (sulfide) groups is 1. The molecule has 404 valence electrons. The number of amides is 1. The molecule has 2 aliphatic rings. The van der Waals surface area contributed by atoms with Gasteiger partial charge in [0.1, 0.15) is 6.29 Å². The number of nitrogens with zero attached hydrogens (tertiary/aromatic N) is 4. The van der Waals surface area contributed by atoms with Crippen LogP contribution < -0.4 is 14.9 Å². The van der Waals surface area contributed by atoms with E-state index in [1.807, 2.05) is 65.6 Å². The van der Waals surface area contributed by atoms with Crippen molar-refractivity contribution in [3.63, 3.8) is 0 Å². The van der Waals surface area contributed by atoms with Crippen LogP contribution in [-0.4, -0.2) is 140 Å². The molecule has 2 fully saturated rings. The fraction of sp³-hybridized carbons (Fsp3) is 0.407. The standard InChI is InChI=1S/C54H68ClN6O10PS3/c1-6-70-72(64,71-40-69-53(63)54(2,3)4)39-60-30-28-58(29-31-60)27-26-45(38-73-47-13-8-7-9-14-47)56-50-25-24-48(36-51(50)74(5,65)66)75(67,68)57-52(62)42-18-22-46(23-19-42)61-34-32-59(33-35-61)37-43-12-10-11-15-49(43)41-16-20-44(55)21-17-41/h7-25,36,45,56H,6,26-35,37-40H2,1-5H3,(H,57,62)/t45-,72?/m1/s1. The lowest BCUT2D eigenvalue weighted by molar-refractivity contribution is -0.160. The van der Waals surface area contributed by atoms with Gasteiger partial charge in [0.15, 0.2) is 9.84 Å². The molecular weight excluding hydrogens is 1060 g/mol. The Bertz CT molecular complexity index is 2990. The van der Waals surface area contributed by atoms with E-state index in [4.69, 9.17) is 25.4 Å². The molecule has 0 spiro atoms. The van der Waals surface area contributed by atoms with Crippen LogP contribution in [0.25, 0.3) is 11.1 Å². The quantitative estimate of drug-likeness (QED) is 0.0273. The Labute approximate surface area is 451 Å². The molecule has 0 radical (unpaired) electrons. The van der Waals surface area contributed by atoms with Crippen molar-refractivity contribution < 1.29 is 44.8 Å². The maximum Gasteiger partial charge on any atom is 0.347 e. The number of benzene rings is 5. The number of sulfonamides is 1. The fourth-order valence-corrected chi connectivity index (χ4v) is 13.4. The summed E-state index contributed by atoms with van der Waals surface area (Å²) in [6.45, 7) is 13.7. The number of anilines is 2. The van der Waals surface area contributed by atoms with Crippen molar-refractivity contribution in [2.45, 2.75) is 61.4 Å². The number of halogens is 1. The molecule has 2 N–H and O–H groups in total. The van der Waals surface area contributed by atoms with Crippen LogP contribution in [0.2, 0.25) is 5.02 Å². The minimum Gasteiger partial charge on any atom is -0.438 e. The number of hydrogen-bond donors (Lipinski definition) is 2. The van der Waals surface area contributed by atoms with Gasteiger partial charge in [-0.05, 0) is 118 Å². The molecule has 0 bridgehead atoms. The predicted octanol–water partition coefficient (Wildman–Crippen LogP) is 9.18. The average Bonchev–Trinajstić information content (AvgIpc) is 3.38. The molecule has 2 atom stereocenters. The zero-order valence-corrected chi connectivity index (χ0v) is 47.3. The first-order valence-corrected chi connectivity index (χ1v) is 31.4. The first kappa shape index (κ1) is 57.9. The molecule has 75 heavy (non-hydrogen) atoms. The lowest BCUT2D eigenvalue weighted by Crippen LogP contribution is -2.47. The maximum atomic E-state index is 13.8. The van der Waals surface area contributed by atoms with E-state index in [0.717, 1.165) is 61.2 Å². The van der Waals surface area contributed by atoms with Crippen LogP contribution >= 0.6 is 31.0 Å². The Morgan fingerprint density at radius 3 is 2.07 bits per heavy atom. The molecule has 7 rings (SSSR count). The number of esters is 1. The van der Waals surface area contributed by atoms with Crippen LogP contribution in [-0.2, 0) is 49.5 Å². The van der Waals surface area contributed by atoms with E-state index >= 15 is 0 Å². The van der Waals surface area contributed by atoms with Gasteiger partial charge in [0.25, 0.3) is 15.9 Å². The average molecular weight is 1120 g/mol. The van der Waals surface area contributed by atoms with Gasteiger partial charge < -0.3 is 24.4 Å². The molecule has 0 aliphatic carbocycles. The van der Waals surface area contributed by atoms with E-state index in [0.29, 0.717) is 49.9 Å². The summed E-state index contributed by atoms with van der Waals surface area (Å²) in [4.78, 5) is 35.1. The molecule has 5 aromatic rings. The van der Waals surface area contributed by atoms with Gasteiger partial charge in [-0.3, -0.25) is 28.5 Å². The summed E-state index contributed by atoms with van der Waals surface area (Å²) < 4.78 is 86.3. The summed E-state index contributed by atoms with van der Waals surface area (Å²) in [5.74, 6) is -0.756. The second-order valence-corrected chi connectivity index (χ2v) is 26.9. The van der Waals surface area contributed by atoms with Crippen molar-refractivity contribution in [1.82, 2.24) is 19.4 Å². The molecule has 2 aliphatic heterocycles. The first-order valence-electron chi connectivity index (χ1n) is 24.9. The Kier molecular flexibility index (Phi) is 20.1. The number of carbonyl (C=O) groups is 2. The number of carbonyl (C=O) groups excluding carboxylic acids is 2. The number of sulfone groups is 1. The molecule has 2 saturated heterocycles. The Balaban J connectivity index is 0.948. The fourth-order valence-electron chi connectivity index (χ4n) is 8.69. The van der Waals surface area contributed by atoms with E-state index < -0.39 is 51.5 Å². The molecular formula is C54H68ClN6O10PS3. The monoisotopic (exact) mass is 1120 g/mol. The molecule has 1 amide bonds. The lowest BCUT2D eigenvalue weighted by atomic mass is 9.98. The van der Waals surface area contributed by atoms with Crippen LogP contribution in [0.1, 0.15) is 50.0 Å². The third-order valence-corrected chi connectivity index (χ3v) is 18.7. The Morgan fingerprint density at radius 2 is 1.41 bits per heavy atom. The summed E-state index contributed by atoms with van der Waals surface area (Å²) in [7, 11) is -12.1. The molecule has 21 heteroatoms. The van der Waals surface area contributed by atoms with Gasteiger partial charge in [0.2, 0.25) is 6.79 Å². The van der Waals surface area contributed by atoms with E-state index in [1.165, 1.54) is 23.3 Å². The first-order chi connectivity index (χ1) is 35.7. The van der Waals surface area contributed by atoms with E-state index in [9.17, 15) is 31.0 Å². The number of nitrogens with one attached hydrogen (secondary N) is 2. The molecule has 16 nitrogen and oxygen atoms in total. The highest BCUT2D eigenvalue weighted by Gasteiger charge is 2.32. The van der Waals surface area contributed by atoms with Crippen molar-refractivity contribution in [2.24, 2.45) is 5.41 Å². The van der Waals surface area contributed by atoms with E-state index in [1.54, 1.807) is 63.7 Å². The van der Waals surface area contributed by atoms with Crippen molar-refractivity contribution in [2.75, 3.05) is 101 Å². The van der Waals surface area contributed by atoms with Gasteiger partial charge in [-0.25, -0.2) is 21.6 Å². The van der Waals surface area contributed by atoms with Crippen LogP contribution in [0.4, 0.5) is 11.4 Å². The second-order valence-electron chi connectivity index (χ2n) is 19.7. The highest BCUT2D eigenvalue weighted by atomic mass is 35.5. The highest BCUT2D eigenvalue weighted by Crippen LogP contribution is 2.49. The SMILES string of the molecule is CCOP(=O)(CN1CCN(CC[C@H](CSc2ccccc2)Nc2ccc(S(=O)(=O)NC(=O)c3ccc(N4CCN(Cc5ccccc5-c5ccc(Cl)cc5)CC4)cc3)cc2S(C)(=O)=O)CC1)OCOC(=O)C(C)(C)C. The van der Waals surface area contributed by atoms with Crippen LogP contribution in [0.15, 0.2) is 136 Å². The minimum atomic E-state index is -4.51. The molecule has 5 aromatic carbocycles. The zero-order valence-electron chi connectivity index (χ0n) is 43.2. The maximum absolute atomic E-state index is 13.8. The van der Waals surface area contributed by atoms with Gasteiger partial charge >= 0.3 is 13.6 Å². The molecule has 2 heterocycles. The Morgan fingerprint density at radius 1 is 0.773 bits per heavy atom. The largest absolute Gasteiger partial charge is 0.438 e. The minimum absolute atomic E-state index is 0.0417. The summed E-state index contributed by atoms with van der Waals surface area (Å²) >= 11 is 7.76. The number of hydrogen-bond acceptors (Lipinski definition) is 16. The van der Waals surface area contributed by atoms with Gasteiger partial charge in [0.05, 0.1) is 27.5 Å². The molecule has 0 saturated carbocycles. The Hall–Kier alpha value is -4.79. The van der Waals surface area contributed by atoms with Crippen molar-refractivity contribution in [1.29, 1.82) is 0 Å². The van der Waals surface area contributed by atoms with Gasteiger partial charge in [-0.2, -0.15) is 0 Å². The second kappa shape index (κ2) is 26.0. The van der Waals surface area contributed by atoms with E-state index in [-0.39, 0.29) is 40.0 Å². The highest BCUT2D eigenvalue weighted by molar-refractivity contribution is 7.99. The number of piperazine rings is 2. The topological polar surface area (TPSA) is 184 Å². The summed E-state index contributed by atoms with van der Waals surface area (Å²) in [5.41, 5.74) is 4.07. The summed E-state index contributed by atoms with van der Waals surface area (Å²) in [6, 6.07) is 36.4. The van der Waals surface area contributed by atoms with Crippen LogP contribution in [0.5, 0.6) is 0 Å². The van der Waals surface area contributed by atoms with E-state index in [2.05, 4.69) is 42.9 Å². The van der Waals surface area contributed by atoms with Crippen LogP contribution in [0.3, 0.4) is 0 Å². The van der Waals surface area contributed by atoms with Crippen molar-refractivity contribution >= 4 is 74.1 Å². The van der Waals surface area contributed by atoms with Gasteiger partial charge in [0, 0.05) is 105 Å². The molecule has 0 aromatic heterocycles. The normalized spacial score (nSPS) is 16.5. The summed E-state index contributed by atoms with van der Waals surface area (Å²) in [6.07, 6.45) is 1.67. The zero-order chi connectivity index (χ0) is 53.8. The predicted molar refractivity (Wildman–Crippen MR) is 298 cm³/mol. The van der Waals surface area contributed by atoms with Crippen molar-refractivity contribution in [3.05, 3.63) is 137 Å².